The van der Waals surface area contributed by atoms with E-state index < -0.39 is 11.5 Å². The van der Waals surface area contributed by atoms with Crippen molar-refractivity contribution in [3.8, 4) is 0 Å². The largest absolute Gasteiger partial charge is 0.443 e. The summed E-state index contributed by atoms with van der Waals surface area (Å²) >= 11 is 0. The van der Waals surface area contributed by atoms with E-state index in [4.69, 9.17) is 4.74 Å². The van der Waals surface area contributed by atoms with Crippen LogP contribution in [-0.2, 0) is 16.1 Å². The molecule has 1 saturated heterocycles. The zero-order valence-electron chi connectivity index (χ0n) is 13.5. The third kappa shape index (κ3) is 4.07. The Morgan fingerprint density at radius 3 is 2.27 bits per heavy atom. The molecule has 0 N–H and O–H groups in total. The second-order valence-corrected chi connectivity index (χ2v) is 6.57. The highest BCUT2D eigenvalue weighted by Gasteiger charge is 2.37. The fourth-order valence-electron chi connectivity index (χ4n) is 2.33. The Labute approximate surface area is 131 Å². The number of amides is 2. The van der Waals surface area contributed by atoms with Crippen molar-refractivity contribution in [2.75, 3.05) is 13.1 Å². The van der Waals surface area contributed by atoms with Gasteiger partial charge in [0, 0.05) is 18.5 Å². The van der Waals surface area contributed by atoms with Crippen molar-refractivity contribution in [3.63, 3.8) is 0 Å². The van der Waals surface area contributed by atoms with E-state index in [1.165, 1.54) is 5.01 Å². The summed E-state index contributed by atoms with van der Waals surface area (Å²) in [6, 6.07) is 9.46. The molecular weight excluding hydrogens is 280 g/mol. The highest BCUT2D eigenvalue weighted by Crippen LogP contribution is 2.22. The summed E-state index contributed by atoms with van der Waals surface area (Å²) < 4.78 is 5.34. The molecule has 1 aliphatic rings. The van der Waals surface area contributed by atoms with Crippen LogP contribution in [0.25, 0.3) is 0 Å². The van der Waals surface area contributed by atoms with Crippen LogP contribution in [0.15, 0.2) is 30.3 Å². The van der Waals surface area contributed by atoms with Gasteiger partial charge in [-0.1, -0.05) is 51.1 Å². The lowest BCUT2D eigenvalue weighted by atomic mass is 9.95. The molecule has 1 aliphatic heterocycles. The fourth-order valence-corrected chi connectivity index (χ4v) is 2.33. The summed E-state index contributed by atoms with van der Waals surface area (Å²) in [5, 5.41) is 2.98. The van der Waals surface area contributed by atoms with Crippen LogP contribution >= 0.6 is 0 Å². The second kappa shape index (κ2) is 6.92. The molecular formula is C17H24N2O3. The predicted molar refractivity (Wildman–Crippen MR) is 83.7 cm³/mol. The quantitative estimate of drug-likeness (QED) is 0.860. The minimum atomic E-state index is -0.631. The van der Waals surface area contributed by atoms with Gasteiger partial charge in [0.2, 0.25) is 0 Å². The van der Waals surface area contributed by atoms with Crippen molar-refractivity contribution in [2.24, 2.45) is 5.41 Å². The molecule has 2 rings (SSSR count). The zero-order valence-corrected chi connectivity index (χ0v) is 13.5. The van der Waals surface area contributed by atoms with Crippen LogP contribution in [-0.4, -0.2) is 35.1 Å². The zero-order chi connectivity index (χ0) is 16.2. The monoisotopic (exact) mass is 304 g/mol. The van der Waals surface area contributed by atoms with Crippen LogP contribution in [0.2, 0.25) is 0 Å². The van der Waals surface area contributed by atoms with Crippen LogP contribution in [0.5, 0.6) is 0 Å². The van der Waals surface area contributed by atoms with Gasteiger partial charge >= 0.3 is 6.09 Å². The number of nitrogens with zero attached hydrogens (tertiary/aromatic N) is 2. The number of hydrazine groups is 1. The maximum atomic E-state index is 12.6. The Morgan fingerprint density at radius 1 is 1.14 bits per heavy atom. The van der Waals surface area contributed by atoms with Crippen molar-refractivity contribution >= 4 is 12.0 Å². The van der Waals surface area contributed by atoms with Crippen LogP contribution in [0.4, 0.5) is 4.79 Å². The van der Waals surface area contributed by atoms with Gasteiger partial charge in [-0.2, -0.15) is 5.01 Å². The van der Waals surface area contributed by atoms with Crippen molar-refractivity contribution in [1.29, 1.82) is 0 Å². The SMILES string of the molecule is CC(C)(C)C(=O)N(C(=O)OCc1ccccc1)N1CCCC1. The molecule has 0 bridgehead atoms. The molecule has 0 unspecified atom stereocenters. The van der Waals surface area contributed by atoms with Crippen LogP contribution in [0, 0.1) is 5.41 Å². The van der Waals surface area contributed by atoms with Gasteiger partial charge in [0.25, 0.3) is 5.91 Å². The number of benzene rings is 1. The summed E-state index contributed by atoms with van der Waals surface area (Å²) in [5.41, 5.74) is 0.273. The molecule has 0 spiro atoms. The summed E-state index contributed by atoms with van der Waals surface area (Å²) in [5.74, 6) is -0.229. The molecule has 0 aromatic heterocycles. The molecule has 0 saturated carbocycles. The molecule has 1 aromatic rings. The summed E-state index contributed by atoms with van der Waals surface area (Å²) in [7, 11) is 0. The predicted octanol–water partition coefficient (Wildman–Crippen LogP) is 3.21. The van der Waals surface area contributed by atoms with E-state index in [-0.39, 0.29) is 12.5 Å². The average molecular weight is 304 g/mol. The second-order valence-electron chi connectivity index (χ2n) is 6.57. The van der Waals surface area contributed by atoms with Gasteiger partial charge in [0.1, 0.15) is 6.61 Å². The van der Waals surface area contributed by atoms with Gasteiger partial charge in [0.05, 0.1) is 0 Å². The van der Waals surface area contributed by atoms with Gasteiger partial charge in [-0.3, -0.25) is 4.79 Å². The average Bonchev–Trinajstić information content (AvgIpc) is 2.99. The molecule has 2 amide bonds. The van der Waals surface area contributed by atoms with E-state index in [9.17, 15) is 9.59 Å². The number of carbonyl (C=O) groups excluding carboxylic acids is 2. The maximum Gasteiger partial charge on any atom is 0.432 e. The summed E-state index contributed by atoms with van der Waals surface area (Å²) in [6.07, 6.45) is 1.38. The van der Waals surface area contributed by atoms with Crippen LogP contribution < -0.4 is 0 Å². The highest BCUT2D eigenvalue weighted by atomic mass is 16.6. The summed E-state index contributed by atoms with van der Waals surface area (Å²) in [4.78, 5) is 25.0. The van der Waals surface area contributed by atoms with E-state index in [1.54, 1.807) is 5.01 Å². The molecule has 0 radical (unpaired) electrons. The van der Waals surface area contributed by atoms with Crippen LogP contribution in [0.3, 0.4) is 0 Å². The first-order valence-corrected chi connectivity index (χ1v) is 7.69. The number of carbonyl (C=O) groups is 2. The van der Waals surface area contributed by atoms with Gasteiger partial charge in [0.15, 0.2) is 0 Å². The molecule has 5 heteroatoms. The van der Waals surface area contributed by atoms with Gasteiger partial charge in [-0.05, 0) is 18.4 Å². The van der Waals surface area contributed by atoms with Gasteiger partial charge in [-0.25, -0.2) is 9.80 Å². The number of rotatable bonds is 3. The molecule has 22 heavy (non-hydrogen) atoms. The smallest absolute Gasteiger partial charge is 0.432 e. The topological polar surface area (TPSA) is 49.9 Å². The van der Waals surface area contributed by atoms with Crippen molar-refractivity contribution in [1.82, 2.24) is 10.0 Å². The normalized spacial score (nSPS) is 15.6. The highest BCUT2D eigenvalue weighted by molar-refractivity contribution is 5.94. The van der Waals surface area contributed by atoms with Crippen molar-refractivity contribution in [2.45, 2.75) is 40.2 Å². The lowest BCUT2D eigenvalue weighted by Gasteiger charge is -2.33. The molecule has 1 fully saturated rings. The Hall–Kier alpha value is -1.88. The van der Waals surface area contributed by atoms with E-state index in [0.717, 1.165) is 18.4 Å². The molecule has 0 aliphatic carbocycles. The van der Waals surface area contributed by atoms with Crippen LogP contribution in [0.1, 0.15) is 39.2 Å². The lowest BCUT2D eigenvalue weighted by molar-refractivity contribution is -0.151. The first-order chi connectivity index (χ1) is 10.4. The van der Waals surface area contributed by atoms with Gasteiger partial charge < -0.3 is 4.74 Å². The number of imide groups is 1. The standard InChI is InChI=1S/C17H24N2O3/c1-17(2,3)15(20)19(18-11-7-8-12-18)16(21)22-13-14-9-5-4-6-10-14/h4-6,9-10H,7-8,11-13H2,1-3H3. The fraction of sp³-hybridized carbons (Fsp3) is 0.529. The molecule has 0 atom stereocenters. The Balaban J connectivity index is 2.07. The first kappa shape index (κ1) is 16.5. The van der Waals surface area contributed by atoms with Gasteiger partial charge in [-0.15, -0.1) is 0 Å². The number of ether oxygens (including phenoxy) is 1. The van der Waals surface area contributed by atoms with E-state index in [0.29, 0.717) is 13.1 Å². The third-order valence-electron chi connectivity index (χ3n) is 3.58. The minimum Gasteiger partial charge on any atom is -0.443 e. The Kier molecular flexibility index (Phi) is 5.19. The maximum absolute atomic E-state index is 12.6. The van der Waals surface area contributed by atoms with E-state index in [1.807, 2.05) is 51.1 Å². The van der Waals surface area contributed by atoms with Crippen molar-refractivity contribution < 1.29 is 14.3 Å². The molecule has 1 heterocycles. The van der Waals surface area contributed by atoms with E-state index in [2.05, 4.69) is 0 Å². The third-order valence-corrected chi connectivity index (χ3v) is 3.58. The lowest BCUT2D eigenvalue weighted by Crippen LogP contribution is -2.52. The molecule has 1 aromatic carbocycles. The summed E-state index contributed by atoms with van der Waals surface area (Å²) in [6.45, 7) is 7.01. The number of hydrogen-bond acceptors (Lipinski definition) is 4. The number of hydrogen-bond donors (Lipinski definition) is 0. The Bertz CT molecular complexity index is 516. The molecule has 5 nitrogen and oxygen atoms in total. The van der Waals surface area contributed by atoms with Crippen molar-refractivity contribution in [3.05, 3.63) is 35.9 Å². The first-order valence-electron chi connectivity index (χ1n) is 7.69. The Morgan fingerprint density at radius 2 is 1.73 bits per heavy atom. The van der Waals surface area contributed by atoms with E-state index >= 15 is 0 Å². The minimum absolute atomic E-state index is 0.168. The molecule has 120 valence electrons.